The van der Waals surface area contributed by atoms with Crippen LogP contribution < -0.4 is 10.6 Å². The molecular formula is C15H28N2O2. The van der Waals surface area contributed by atoms with Gasteiger partial charge in [0, 0.05) is 24.4 Å². The van der Waals surface area contributed by atoms with Gasteiger partial charge < -0.3 is 10.6 Å². The van der Waals surface area contributed by atoms with Crippen LogP contribution in [0.25, 0.3) is 0 Å². The molecule has 0 aliphatic heterocycles. The molecule has 0 aromatic carbocycles. The Morgan fingerprint density at radius 3 is 2.32 bits per heavy atom. The molecule has 1 saturated carbocycles. The molecule has 1 aliphatic carbocycles. The van der Waals surface area contributed by atoms with Crippen LogP contribution in [-0.2, 0) is 9.59 Å². The first-order chi connectivity index (χ1) is 8.91. The molecule has 110 valence electrons. The summed E-state index contributed by atoms with van der Waals surface area (Å²) in [5, 5.41) is 5.97. The maximum absolute atomic E-state index is 12.2. The minimum Gasteiger partial charge on any atom is -0.356 e. The van der Waals surface area contributed by atoms with Gasteiger partial charge >= 0.3 is 0 Å². The van der Waals surface area contributed by atoms with Crippen molar-refractivity contribution in [3.05, 3.63) is 0 Å². The van der Waals surface area contributed by atoms with Gasteiger partial charge in [0.25, 0.3) is 0 Å². The van der Waals surface area contributed by atoms with Crippen LogP contribution in [-0.4, -0.2) is 24.4 Å². The number of amides is 2. The molecule has 19 heavy (non-hydrogen) atoms. The minimum atomic E-state index is 0.00605. The molecule has 2 unspecified atom stereocenters. The van der Waals surface area contributed by atoms with E-state index >= 15 is 0 Å². The van der Waals surface area contributed by atoms with Crippen molar-refractivity contribution in [1.29, 1.82) is 0 Å². The number of nitrogens with one attached hydrogen (secondary N) is 2. The molecule has 0 saturated heterocycles. The van der Waals surface area contributed by atoms with E-state index in [1.807, 2.05) is 27.7 Å². The van der Waals surface area contributed by atoms with E-state index in [-0.39, 0.29) is 35.6 Å². The van der Waals surface area contributed by atoms with Crippen LogP contribution in [0.4, 0.5) is 0 Å². The summed E-state index contributed by atoms with van der Waals surface area (Å²) in [7, 11) is 0. The van der Waals surface area contributed by atoms with Crippen molar-refractivity contribution in [3.8, 4) is 0 Å². The molecule has 0 spiro atoms. The van der Waals surface area contributed by atoms with Crippen LogP contribution in [0, 0.1) is 17.8 Å². The second kappa shape index (κ2) is 7.51. The van der Waals surface area contributed by atoms with E-state index < -0.39 is 0 Å². The number of carbonyl (C=O) groups is 2. The standard InChI is InChI=1S/C15H28N2O2/c1-10(2)14(18)16-9-12-7-5-6-8-13(12)15(19)17-11(3)4/h10-13H,5-9H2,1-4H3,(H,16,18)(H,17,19). The highest BCUT2D eigenvalue weighted by molar-refractivity contribution is 5.80. The fourth-order valence-electron chi connectivity index (χ4n) is 2.62. The topological polar surface area (TPSA) is 58.2 Å². The van der Waals surface area contributed by atoms with E-state index in [2.05, 4.69) is 10.6 Å². The number of hydrogen-bond donors (Lipinski definition) is 2. The molecule has 1 aliphatic rings. The molecule has 4 heteroatoms. The van der Waals surface area contributed by atoms with Gasteiger partial charge in [-0.15, -0.1) is 0 Å². The Bertz CT molecular complexity index is 313. The molecule has 0 bridgehead atoms. The Morgan fingerprint density at radius 1 is 1.11 bits per heavy atom. The fourth-order valence-corrected chi connectivity index (χ4v) is 2.62. The van der Waals surface area contributed by atoms with Gasteiger partial charge in [0.15, 0.2) is 0 Å². The lowest BCUT2D eigenvalue weighted by atomic mass is 9.78. The summed E-state index contributed by atoms with van der Waals surface area (Å²) in [5.41, 5.74) is 0. The Balaban J connectivity index is 2.52. The molecular weight excluding hydrogens is 240 g/mol. The fraction of sp³-hybridized carbons (Fsp3) is 0.867. The Labute approximate surface area is 116 Å². The van der Waals surface area contributed by atoms with E-state index in [1.165, 1.54) is 0 Å². The van der Waals surface area contributed by atoms with Crippen molar-refractivity contribution in [2.75, 3.05) is 6.54 Å². The van der Waals surface area contributed by atoms with Gasteiger partial charge in [0.1, 0.15) is 0 Å². The quantitative estimate of drug-likeness (QED) is 0.802. The average molecular weight is 268 g/mol. The zero-order chi connectivity index (χ0) is 14.4. The molecule has 0 radical (unpaired) electrons. The third-order valence-electron chi connectivity index (χ3n) is 3.74. The zero-order valence-electron chi connectivity index (χ0n) is 12.7. The zero-order valence-corrected chi connectivity index (χ0v) is 12.7. The van der Waals surface area contributed by atoms with Crippen molar-refractivity contribution in [2.24, 2.45) is 17.8 Å². The van der Waals surface area contributed by atoms with Crippen LogP contribution in [0.5, 0.6) is 0 Å². The highest BCUT2D eigenvalue weighted by Gasteiger charge is 2.31. The van der Waals surface area contributed by atoms with Gasteiger partial charge in [-0.3, -0.25) is 9.59 Å². The summed E-state index contributed by atoms with van der Waals surface area (Å²) in [6.45, 7) is 8.37. The highest BCUT2D eigenvalue weighted by Crippen LogP contribution is 2.30. The largest absolute Gasteiger partial charge is 0.356 e. The van der Waals surface area contributed by atoms with Gasteiger partial charge in [-0.25, -0.2) is 0 Å². The van der Waals surface area contributed by atoms with E-state index in [1.54, 1.807) is 0 Å². The number of rotatable bonds is 5. The summed E-state index contributed by atoms with van der Waals surface area (Å²) in [6, 6.07) is 0.181. The van der Waals surface area contributed by atoms with Crippen LogP contribution in [0.15, 0.2) is 0 Å². The maximum atomic E-state index is 12.2. The van der Waals surface area contributed by atoms with Crippen molar-refractivity contribution >= 4 is 11.8 Å². The van der Waals surface area contributed by atoms with Crippen molar-refractivity contribution in [2.45, 2.75) is 59.4 Å². The predicted molar refractivity (Wildman–Crippen MR) is 76.6 cm³/mol. The molecule has 1 fully saturated rings. The third-order valence-corrected chi connectivity index (χ3v) is 3.74. The SMILES string of the molecule is CC(C)NC(=O)C1CCCCC1CNC(=O)C(C)C. The van der Waals surface area contributed by atoms with Gasteiger partial charge in [-0.05, 0) is 32.6 Å². The minimum absolute atomic E-state index is 0.00605. The van der Waals surface area contributed by atoms with Gasteiger partial charge in [-0.2, -0.15) is 0 Å². The molecule has 0 aromatic rings. The summed E-state index contributed by atoms with van der Waals surface area (Å²) < 4.78 is 0. The summed E-state index contributed by atoms with van der Waals surface area (Å²) in [4.78, 5) is 23.8. The first-order valence-corrected chi connectivity index (χ1v) is 7.50. The molecule has 1 rings (SSSR count). The lowest BCUT2D eigenvalue weighted by molar-refractivity contribution is -0.129. The first-order valence-electron chi connectivity index (χ1n) is 7.50. The summed E-state index contributed by atoms with van der Waals surface area (Å²) >= 11 is 0. The molecule has 0 aromatic heterocycles. The third kappa shape index (κ3) is 5.21. The lowest BCUT2D eigenvalue weighted by Gasteiger charge is -2.31. The molecule has 2 N–H and O–H groups in total. The van der Waals surface area contributed by atoms with Crippen LogP contribution in [0.2, 0.25) is 0 Å². The van der Waals surface area contributed by atoms with E-state index in [0.29, 0.717) is 6.54 Å². The van der Waals surface area contributed by atoms with Crippen LogP contribution in [0.3, 0.4) is 0 Å². The second-order valence-corrected chi connectivity index (χ2v) is 6.21. The number of hydrogen-bond acceptors (Lipinski definition) is 2. The van der Waals surface area contributed by atoms with Crippen molar-refractivity contribution < 1.29 is 9.59 Å². The molecule has 2 atom stereocenters. The smallest absolute Gasteiger partial charge is 0.223 e. The molecule has 2 amide bonds. The molecule has 4 nitrogen and oxygen atoms in total. The monoisotopic (exact) mass is 268 g/mol. The maximum Gasteiger partial charge on any atom is 0.223 e. The first kappa shape index (κ1) is 16.0. The number of carbonyl (C=O) groups excluding carboxylic acids is 2. The Hall–Kier alpha value is -1.06. The summed E-state index contributed by atoms with van der Waals surface area (Å²) in [6.07, 6.45) is 4.26. The Morgan fingerprint density at radius 2 is 1.74 bits per heavy atom. The average Bonchev–Trinajstić information content (AvgIpc) is 2.35. The van der Waals surface area contributed by atoms with Crippen LogP contribution >= 0.6 is 0 Å². The van der Waals surface area contributed by atoms with Gasteiger partial charge in [0.2, 0.25) is 11.8 Å². The summed E-state index contributed by atoms with van der Waals surface area (Å²) in [5.74, 6) is 0.581. The van der Waals surface area contributed by atoms with E-state index in [0.717, 1.165) is 25.7 Å². The van der Waals surface area contributed by atoms with E-state index in [9.17, 15) is 9.59 Å². The highest BCUT2D eigenvalue weighted by atomic mass is 16.2. The normalized spacial score (nSPS) is 23.5. The molecule has 0 heterocycles. The van der Waals surface area contributed by atoms with Crippen molar-refractivity contribution in [3.63, 3.8) is 0 Å². The predicted octanol–water partition coefficient (Wildman–Crippen LogP) is 2.09. The van der Waals surface area contributed by atoms with E-state index in [4.69, 9.17) is 0 Å². The lowest BCUT2D eigenvalue weighted by Crippen LogP contribution is -2.44. The Kier molecular flexibility index (Phi) is 6.32. The van der Waals surface area contributed by atoms with Gasteiger partial charge in [0.05, 0.1) is 0 Å². The van der Waals surface area contributed by atoms with Crippen LogP contribution in [0.1, 0.15) is 53.4 Å². The van der Waals surface area contributed by atoms with Gasteiger partial charge in [-0.1, -0.05) is 26.7 Å². The van der Waals surface area contributed by atoms with Crippen molar-refractivity contribution in [1.82, 2.24) is 10.6 Å². The second-order valence-electron chi connectivity index (χ2n) is 6.21.